The molecule has 9 heteroatoms. The molecule has 3 heterocycles. The molecule has 4 aromatic rings. The maximum atomic E-state index is 13.6. The Morgan fingerprint density at radius 3 is 2.69 bits per heavy atom. The van der Waals surface area contributed by atoms with Crippen LogP contribution < -0.4 is 15.0 Å². The van der Waals surface area contributed by atoms with Crippen LogP contribution in [-0.2, 0) is 6.54 Å². The first-order valence-corrected chi connectivity index (χ1v) is 13.1. The van der Waals surface area contributed by atoms with Gasteiger partial charge in [0, 0.05) is 27.6 Å². The van der Waals surface area contributed by atoms with E-state index in [1.807, 2.05) is 31.2 Å². The number of rotatable bonds is 7. The van der Waals surface area contributed by atoms with Crippen molar-refractivity contribution in [3.8, 4) is 22.6 Å². The molecule has 1 aliphatic heterocycles. The van der Waals surface area contributed by atoms with Gasteiger partial charge in [-0.25, -0.2) is 4.98 Å². The molecule has 0 saturated heterocycles. The molecule has 1 aliphatic rings. The monoisotopic (exact) mass is 524 g/mol. The quantitative estimate of drug-likeness (QED) is 0.127. The maximum absolute atomic E-state index is 13.6. The molecule has 6 nitrogen and oxygen atoms in total. The lowest BCUT2D eigenvalue weighted by atomic mass is 10.0. The van der Waals surface area contributed by atoms with Gasteiger partial charge < -0.3 is 9.47 Å². The summed E-state index contributed by atoms with van der Waals surface area (Å²) in [6.07, 6.45) is 1.66. The molecule has 0 N–H and O–H groups in total. The Morgan fingerprint density at radius 2 is 1.94 bits per heavy atom. The van der Waals surface area contributed by atoms with E-state index in [9.17, 15) is 9.59 Å². The topological polar surface area (TPSA) is 70.4 Å². The fraction of sp³-hybridized carbons (Fsp3) is 0.192. The summed E-state index contributed by atoms with van der Waals surface area (Å²) in [7, 11) is 0. The molecule has 0 saturated carbocycles. The second kappa shape index (κ2) is 9.89. The number of hydrogen-bond donors (Lipinski definition) is 0. The van der Waals surface area contributed by atoms with Crippen LogP contribution >= 0.6 is 34.7 Å². The molecule has 2 aromatic heterocycles. The van der Waals surface area contributed by atoms with Gasteiger partial charge in [-0.15, -0.1) is 17.9 Å². The number of Topliss-reactive ketones (excluding diaryl/α,β-unsaturated/α-hetero) is 1. The van der Waals surface area contributed by atoms with Crippen molar-refractivity contribution in [2.24, 2.45) is 0 Å². The van der Waals surface area contributed by atoms with E-state index in [1.165, 1.54) is 23.1 Å². The number of fused-ring (bicyclic) bond motifs is 2. The number of aromatic nitrogens is 2. The van der Waals surface area contributed by atoms with Crippen molar-refractivity contribution in [3.05, 3.63) is 80.9 Å². The van der Waals surface area contributed by atoms with Gasteiger partial charge in [0.05, 0.1) is 11.1 Å². The van der Waals surface area contributed by atoms with E-state index < -0.39 is 0 Å². The number of halogens is 1. The minimum absolute atomic E-state index is 0.0873. The number of benzene rings is 2. The van der Waals surface area contributed by atoms with Crippen LogP contribution in [0.4, 0.5) is 0 Å². The molecule has 2 aromatic carbocycles. The van der Waals surface area contributed by atoms with Crippen molar-refractivity contribution < 1.29 is 14.3 Å². The zero-order chi connectivity index (χ0) is 24.5. The molecule has 0 radical (unpaired) electrons. The number of nitrogens with zero attached hydrogens (tertiary/aromatic N) is 2. The van der Waals surface area contributed by atoms with Crippen LogP contribution in [0.15, 0.2) is 65.1 Å². The average molecular weight is 525 g/mol. The molecule has 35 heavy (non-hydrogen) atoms. The lowest BCUT2D eigenvalue weighted by Crippen LogP contribution is -2.23. The summed E-state index contributed by atoms with van der Waals surface area (Å²) >= 11 is 8.77. The smallest absolute Gasteiger partial charge is 0.263 e. The molecule has 0 aliphatic carbocycles. The van der Waals surface area contributed by atoms with Crippen molar-refractivity contribution >= 4 is 50.7 Å². The van der Waals surface area contributed by atoms with Crippen molar-refractivity contribution in [3.63, 3.8) is 0 Å². The van der Waals surface area contributed by atoms with E-state index in [4.69, 9.17) is 26.1 Å². The zero-order valence-electron chi connectivity index (χ0n) is 18.9. The second-order valence-electron chi connectivity index (χ2n) is 7.89. The standard InChI is InChI=1S/C26H21ClN2O4S2/c1-3-10-29-25(31)23-22(16-4-7-18(27)8-5-16)15(2)35-24(23)28-26(29)34-14-19(30)17-6-9-20-21(13-17)33-12-11-32-20/h3-9,13H,1,10-12,14H2,2H3. The van der Waals surface area contributed by atoms with Gasteiger partial charge in [0.15, 0.2) is 22.4 Å². The van der Waals surface area contributed by atoms with E-state index in [1.54, 1.807) is 28.8 Å². The number of thiophene rings is 1. The summed E-state index contributed by atoms with van der Waals surface area (Å²) in [4.78, 5) is 33.0. The molecule has 0 unspecified atom stereocenters. The first kappa shape index (κ1) is 23.7. The Bertz CT molecular complexity index is 1510. The van der Waals surface area contributed by atoms with Crippen LogP contribution in [0.3, 0.4) is 0 Å². The van der Waals surface area contributed by atoms with Gasteiger partial charge in [0.2, 0.25) is 0 Å². The Hall–Kier alpha value is -3.07. The van der Waals surface area contributed by atoms with E-state index in [2.05, 4.69) is 6.58 Å². The first-order valence-electron chi connectivity index (χ1n) is 10.9. The van der Waals surface area contributed by atoms with Crippen molar-refractivity contribution in [1.29, 1.82) is 0 Å². The third-order valence-electron chi connectivity index (χ3n) is 5.59. The van der Waals surface area contributed by atoms with Gasteiger partial charge in [0.25, 0.3) is 5.56 Å². The molecule has 178 valence electrons. The fourth-order valence-corrected chi connectivity index (χ4v) is 6.09. The third kappa shape index (κ3) is 4.61. The summed E-state index contributed by atoms with van der Waals surface area (Å²) in [5.74, 6) is 1.25. The summed E-state index contributed by atoms with van der Waals surface area (Å²) in [6.45, 7) is 7.01. The van der Waals surface area contributed by atoms with Crippen LogP contribution in [0.5, 0.6) is 11.5 Å². The van der Waals surface area contributed by atoms with E-state index in [0.717, 1.165) is 16.0 Å². The lowest BCUT2D eigenvalue weighted by molar-refractivity contribution is 0.102. The summed E-state index contributed by atoms with van der Waals surface area (Å²) in [6, 6.07) is 12.6. The highest BCUT2D eigenvalue weighted by Gasteiger charge is 2.21. The SMILES string of the molecule is C=CCn1c(SCC(=O)c2ccc3c(c2)OCCO3)nc2sc(C)c(-c3ccc(Cl)cc3)c2c1=O. The fourth-order valence-electron chi connectivity index (χ4n) is 3.97. The zero-order valence-corrected chi connectivity index (χ0v) is 21.3. The van der Waals surface area contributed by atoms with Crippen LogP contribution in [0.1, 0.15) is 15.2 Å². The van der Waals surface area contributed by atoms with E-state index >= 15 is 0 Å². The number of aryl methyl sites for hydroxylation is 1. The average Bonchev–Trinajstić information content (AvgIpc) is 3.20. The molecule has 0 amide bonds. The predicted molar refractivity (Wildman–Crippen MR) is 142 cm³/mol. The van der Waals surface area contributed by atoms with Crippen LogP contribution in [0.2, 0.25) is 5.02 Å². The highest BCUT2D eigenvalue weighted by Crippen LogP contribution is 2.37. The minimum atomic E-state index is -0.154. The molecule has 0 bridgehead atoms. The molecular weight excluding hydrogens is 504 g/mol. The van der Waals surface area contributed by atoms with Crippen LogP contribution in [-0.4, -0.2) is 34.3 Å². The summed E-state index contributed by atoms with van der Waals surface area (Å²) in [5, 5.41) is 1.69. The Morgan fingerprint density at radius 1 is 1.20 bits per heavy atom. The van der Waals surface area contributed by atoms with Gasteiger partial charge in [0.1, 0.15) is 18.0 Å². The third-order valence-corrected chi connectivity index (χ3v) is 7.82. The van der Waals surface area contributed by atoms with Gasteiger partial charge in [-0.05, 0) is 42.8 Å². The largest absolute Gasteiger partial charge is 0.486 e. The molecule has 5 rings (SSSR count). The van der Waals surface area contributed by atoms with Gasteiger partial charge in [-0.3, -0.25) is 14.2 Å². The Balaban J connectivity index is 1.49. The maximum Gasteiger partial charge on any atom is 0.263 e. The summed E-state index contributed by atoms with van der Waals surface area (Å²) < 4.78 is 12.7. The molecule has 0 spiro atoms. The van der Waals surface area contributed by atoms with E-state index in [-0.39, 0.29) is 23.6 Å². The predicted octanol–water partition coefficient (Wildman–Crippen LogP) is 6.02. The molecule has 0 fully saturated rings. The minimum Gasteiger partial charge on any atom is -0.486 e. The van der Waals surface area contributed by atoms with Crippen molar-refractivity contribution in [1.82, 2.24) is 9.55 Å². The number of hydrogen-bond acceptors (Lipinski definition) is 7. The number of ether oxygens (including phenoxy) is 2. The van der Waals surface area contributed by atoms with Crippen LogP contribution in [0, 0.1) is 6.92 Å². The van der Waals surface area contributed by atoms with Crippen LogP contribution in [0.25, 0.3) is 21.3 Å². The highest BCUT2D eigenvalue weighted by molar-refractivity contribution is 7.99. The number of ketones is 1. The Labute approximate surface area is 215 Å². The number of carbonyl (C=O) groups is 1. The first-order chi connectivity index (χ1) is 17.0. The summed E-state index contributed by atoms with van der Waals surface area (Å²) in [5.41, 5.74) is 2.15. The molecule has 0 atom stereocenters. The Kier molecular flexibility index (Phi) is 6.69. The lowest BCUT2D eigenvalue weighted by Gasteiger charge is -2.18. The normalized spacial score (nSPS) is 12.6. The van der Waals surface area contributed by atoms with Crippen molar-refractivity contribution in [2.75, 3.05) is 19.0 Å². The number of thioether (sulfide) groups is 1. The van der Waals surface area contributed by atoms with E-state index in [0.29, 0.717) is 50.7 Å². The number of allylic oxidation sites excluding steroid dienone is 1. The highest BCUT2D eigenvalue weighted by atomic mass is 35.5. The van der Waals surface area contributed by atoms with Gasteiger partial charge >= 0.3 is 0 Å². The number of carbonyl (C=O) groups excluding carboxylic acids is 1. The van der Waals surface area contributed by atoms with Crippen molar-refractivity contribution in [2.45, 2.75) is 18.6 Å². The second-order valence-corrected chi connectivity index (χ2v) is 10.5. The molecular formula is C26H21ClN2O4S2. The van der Waals surface area contributed by atoms with Gasteiger partial charge in [-0.1, -0.05) is 41.6 Å². The van der Waals surface area contributed by atoms with Gasteiger partial charge in [-0.2, -0.15) is 0 Å².